The number of amides is 2. The van der Waals surface area contributed by atoms with Gasteiger partial charge in [-0.1, -0.05) is 0 Å². The van der Waals surface area contributed by atoms with Crippen LogP contribution in [0.3, 0.4) is 0 Å². The number of fused-ring (bicyclic) bond motifs is 1. The van der Waals surface area contributed by atoms with Crippen LogP contribution in [-0.2, 0) is 9.53 Å². The number of carbonyl (C=O) groups excluding carboxylic acids is 2. The summed E-state index contributed by atoms with van der Waals surface area (Å²) in [5.41, 5.74) is 3.29. The Balaban J connectivity index is 1.40. The lowest BCUT2D eigenvalue weighted by Gasteiger charge is -2.36. The van der Waals surface area contributed by atoms with Crippen molar-refractivity contribution in [3.63, 3.8) is 0 Å². The van der Waals surface area contributed by atoms with Crippen molar-refractivity contribution < 1.29 is 28.6 Å². The molecule has 1 aliphatic carbocycles. The fourth-order valence-corrected chi connectivity index (χ4v) is 4.82. The van der Waals surface area contributed by atoms with Gasteiger partial charge in [0.2, 0.25) is 5.91 Å². The summed E-state index contributed by atoms with van der Waals surface area (Å²) < 4.78 is 25.2. The molecule has 0 bridgehead atoms. The zero-order valence-electron chi connectivity index (χ0n) is 20.9. The summed E-state index contributed by atoms with van der Waals surface area (Å²) >= 11 is 0. The van der Waals surface area contributed by atoms with Gasteiger partial charge in [-0.25, -0.2) is 4.39 Å². The Morgan fingerprint density at radius 2 is 2.05 bits per heavy atom. The summed E-state index contributed by atoms with van der Waals surface area (Å²) in [6.07, 6.45) is 3.37. The van der Waals surface area contributed by atoms with E-state index in [9.17, 15) is 19.1 Å². The number of benzene rings is 1. The second kappa shape index (κ2) is 10.5. The number of hydrogen-bond donors (Lipinski definition) is 3. The molecule has 3 N–H and O–H groups in total. The molecule has 0 unspecified atom stereocenters. The molecular formula is C27H31FN4O5. The maximum absolute atomic E-state index is 14.3. The number of pyridine rings is 1. The zero-order chi connectivity index (χ0) is 26.1. The van der Waals surface area contributed by atoms with Gasteiger partial charge in [0.15, 0.2) is 0 Å². The molecule has 37 heavy (non-hydrogen) atoms. The minimum Gasteiger partial charge on any atom is -0.493 e. The van der Waals surface area contributed by atoms with Crippen molar-refractivity contribution in [2.45, 2.75) is 38.3 Å². The number of H-pyrrole nitrogens is 1. The molecule has 2 fully saturated rings. The molecule has 9 nitrogen and oxygen atoms in total. The fourth-order valence-electron chi connectivity index (χ4n) is 4.82. The fraction of sp³-hybridized carbons (Fsp3) is 0.444. The zero-order valence-corrected chi connectivity index (χ0v) is 20.9. The number of carbonyl (C=O) groups is 2. The molecule has 1 aliphatic heterocycles. The highest BCUT2D eigenvalue weighted by atomic mass is 19.1. The first-order chi connectivity index (χ1) is 17.9. The summed E-state index contributed by atoms with van der Waals surface area (Å²) in [4.78, 5) is 34.7. The molecule has 2 atom stereocenters. The van der Waals surface area contributed by atoms with Crippen LogP contribution in [0, 0.1) is 18.7 Å². The number of aliphatic hydroxyl groups is 1. The third kappa shape index (κ3) is 5.30. The predicted molar refractivity (Wildman–Crippen MR) is 135 cm³/mol. The van der Waals surface area contributed by atoms with Gasteiger partial charge in [-0.3, -0.25) is 14.6 Å². The van der Waals surface area contributed by atoms with Crippen LogP contribution < -0.4 is 10.1 Å². The molecule has 1 aromatic carbocycles. The lowest BCUT2D eigenvalue weighted by atomic mass is 10.0. The number of aryl methyl sites for hydroxylation is 1. The molecule has 1 saturated heterocycles. The molecule has 5 rings (SSSR count). The first-order valence-corrected chi connectivity index (χ1v) is 12.5. The van der Waals surface area contributed by atoms with Crippen molar-refractivity contribution >= 4 is 22.8 Å². The Labute approximate surface area is 214 Å². The van der Waals surface area contributed by atoms with Crippen molar-refractivity contribution in [3.05, 3.63) is 47.5 Å². The van der Waals surface area contributed by atoms with Crippen LogP contribution in [0.2, 0.25) is 0 Å². The smallest absolute Gasteiger partial charge is 0.255 e. The molecule has 0 spiro atoms. The number of ether oxygens (including phenoxy) is 2. The second-order valence-electron chi connectivity index (χ2n) is 9.81. The number of piperidine rings is 1. The Hall–Kier alpha value is -3.50. The van der Waals surface area contributed by atoms with Gasteiger partial charge in [0.1, 0.15) is 23.7 Å². The average molecular weight is 511 g/mol. The van der Waals surface area contributed by atoms with Gasteiger partial charge in [-0.15, -0.1) is 0 Å². The number of likely N-dealkylation sites (tertiary alicyclic amines) is 1. The Morgan fingerprint density at radius 1 is 1.24 bits per heavy atom. The summed E-state index contributed by atoms with van der Waals surface area (Å²) in [5.74, 6) is 0.159. The van der Waals surface area contributed by atoms with E-state index in [4.69, 9.17) is 9.47 Å². The number of rotatable bonds is 8. The van der Waals surface area contributed by atoms with Gasteiger partial charge >= 0.3 is 0 Å². The number of nitrogens with zero attached hydrogens (tertiary/aromatic N) is 2. The van der Waals surface area contributed by atoms with Crippen LogP contribution in [0.4, 0.5) is 4.39 Å². The minimum atomic E-state index is -0.911. The summed E-state index contributed by atoms with van der Waals surface area (Å²) in [7, 11) is 1.45. The van der Waals surface area contributed by atoms with Gasteiger partial charge < -0.3 is 29.8 Å². The summed E-state index contributed by atoms with van der Waals surface area (Å²) in [5, 5.41) is 13.5. The standard InChI is InChI=1S/C27H31FN4O5/c1-15-24(27(35)31-20-8-10-32(12-21(20)33)23(34)14-36-2)26-25(30-15)18(7-9-29-26)19-11-17(28)5-6-22(19)37-13-16-3-4-16/h5-7,9,11,16,20-21,30,33H,3-4,8,10,12-14H2,1-2H3,(H,31,35)/t20-,21-/m1/s1. The number of aromatic amines is 1. The molecule has 2 aliphatic rings. The maximum Gasteiger partial charge on any atom is 0.255 e. The Morgan fingerprint density at radius 3 is 2.78 bits per heavy atom. The lowest BCUT2D eigenvalue weighted by molar-refractivity contribution is -0.138. The van der Waals surface area contributed by atoms with Crippen LogP contribution >= 0.6 is 0 Å². The maximum atomic E-state index is 14.3. The van der Waals surface area contributed by atoms with Crippen molar-refractivity contribution in [1.82, 2.24) is 20.2 Å². The Kier molecular flexibility index (Phi) is 7.12. The number of aliphatic hydroxyl groups excluding tert-OH is 1. The number of halogens is 1. The molecule has 2 aromatic heterocycles. The highest BCUT2D eigenvalue weighted by Crippen LogP contribution is 2.38. The normalized spacial score (nSPS) is 19.7. The van der Waals surface area contributed by atoms with Crippen molar-refractivity contribution in [2.24, 2.45) is 5.92 Å². The van der Waals surface area contributed by atoms with E-state index in [1.807, 2.05) is 0 Å². The van der Waals surface area contributed by atoms with Crippen LogP contribution in [0.5, 0.6) is 5.75 Å². The molecule has 2 amide bonds. The van der Waals surface area contributed by atoms with E-state index in [2.05, 4.69) is 15.3 Å². The van der Waals surface area contributed by atoms with E-state index in [1.165, 1.54) is 24.1 Å². The van der Waals surface area contributed by atoms with Gasteiger partial charge in [0, 0.05) is 43.2 Å². The van der Waals surface area contributed by atoms with E-state index in [-0.39, 0.29) is 30.8 Å². The van der Waals surface area contributed by atoms with E-state index < -0.39 is 12.1 Å². The first-order valence-electron chi connectivity index (χ1n) is 12.5. The molecule has 196 valence electrons. The average Bonchev–Trinajstić information content (AvgIpc) is 3.64. The number of nitrogens with one attached hydrogen (secondary N) is 2. The molecule has 3 aromatic rings. The van der Waals surface area contributed by atoms with Crippen molar-refractivity contribution in [3.8, 4) is 16.9 Å². The highest BCUT2D eigenvalue weighted by Gasteiger charge is 2.32. The van der Waals surface area contributed by atoms with Crippen LogP contribution in [0.25, 0.3) is 22.2 Å². The van der Waals surface area contributed by atoms with Crippen LogP contribution in [0.1, 0.15) is 35.3 Å². The first kappa shape index (κ1) is 25.2. The van der Waals surface area contributed by atoms with E-state index >= 15 is 0 Å². The van der Waals surface area contributed by atoms with E-state index in [1.54, 1.807) is 25.3 Å². The van der Waals surface area contributed by atoms with E-state index in [0.717, 1.165) is 12.8 Å². The number of hydrogen-bond acceptors (Lipinski definition) is 6. The monoisotopic (exact) mass is 510 g/mol. The van der Waals surface area contributed by atoms with Crippen LogP contribution in [-0.4, -0.2) is 77.3 Å². The van der Waals surface area contributed by atoms with Gasteiger partial charge in [0.25, 0.3) is 5.91 Å². The predicted octanol–water partition coefficient (Wildman–Crippen LogP) is 2.80. The van der Waals surface area contributed by atoms with Crippen molar-refractivity contribution in [2.75, 3.05) is 33.4 Å². The third-order valence-corrected chi connectivity index (χ3v) is 7.02. The topological polar surface area (TPSA) is 117 Å². The van der Waals surface area contributed by atoms with Gasteiger partial charge in [0.05, 0.1) is 29.8 Å². The van der Waals surface area contributed by atoms with Crippen molar-refractivity contribution in [1.29, 1.82) is 0 Å². The number of methoxy groups -OCH3 is 1. The van der Waals surface area contributed by atoms with Gasteiger partial charge in [-0.05, 0) is 56.4 Å². The minimum absolute atomic E-state index is 0.0507. The van der Waals surface area contributed by atoms with E-state index in [0.29, 0.717) is 64.7 Å². The SMILES string of the molecule is COCC(=O)N1CC[C@@H](NC(=O)c2c(C)[nH]c3c(-c4cc(F)ccc4OCC4CC4)ccnc23)[C@H](O)C1. The lowest BCUT2D eigenvalue weighted by Crippen LogP contribution is -2.55. The number of aromatic nitrogens is 2. The largest absolute Gasteiger partial charge is 0.493 e. The van der Waals surface area contributed by atoms with Gasteiger partial charge in [-0.2, -0.15) is 0 Å². The molecule has 3 heterocycles. The summed E-state index contributed by atoms with van der Waals surface area (Å²) in [6, 6.07) is 5.70. The molecule has 10 heteroatoms. The number of β-amino-alcohol motifs (C(OH)–C–C–N with tert-alkyl or cyclic N) is 1. The molecular weight excluding hydrogens is 479 g/mol. The Bertz CT molecular complexity index is 1320. The molecule has 0 radical (unpaired) electrons. The molecule has 1 saturated carbocycles. The summed E-state index contributed by atoms with van der Waals surface area (Å²) in [6.45, 7) is 2.83. The highest BCUT2D eigenvalue weighted by molar-refractivity contribution is 6.09. The second-order valence-corrected chi connectivity index (χ2v) is 9.81. The van der Waals surface area contributed by atoms with Crippen LogP contribution in [0.15, 0.2) is 30.5 Å². The third-order valence-electron chi connectivity index (χ3n) is 7.02. The quantitative estimate of drug-likeness (QED) is 0.429.